The van der Waals surface area contributed by atoms with Crippen LogP contribution in [0.5, 0.6) is 0 Å². The maximum absolute atomic E-state index is 12.3. The van der Waals surface area contributed by atoms with E-state index in [1.54, 1.807) is 0 Å². The van der Waals surface area contributed by atoms with Gasteiger partial charge in [0.25, 0.3) is 0 Å². The number of Topliss-reactive ketones (excluding diaryl/α,β-unsaturated/α-hetero) is 6. The van der Waals surface area contributed by atoms with Crippen LogP contribution < -0.4 is 5.32 Å². The van der Waals surface area contributed by atoms with Gasteiger partial charge >= 0.3 is 0 Å². The lowest BCUT2D eigenvalue weighted by Gasteiger charge is -2.31. The van der Waals surface area contributed by atoms with E-state index in [0.29, 0.717) is 50.7 Å². The summed E-state index contributed by atoms with van der Waals surface area (Å²) in [4.78, 5) is 81.0. The number of aliphatic hydroxyl groups is 1. The second-order valence-electron chi connectivity index (χ2n) is 29.2. The van der Waals surface area contributed by atoms with Gasteiger partial charge in [-0.05, 0) is 91.8 Å². The summed E-state index contributed by atoms with van der Waals surface area (Å²) in [5.41, 5.74) is 3.52. The molecule has 0 radical (unpaired) electrons. The third-order valence-corrected chi connectivity index (χ3v) is 19.8. The summed E-state index contributed by atoms with van der Waals surface area (Å²) < 4.78 is 0. The third-order valence-electron chi connectivity index (χ3n) is 19.8. The highest BCUT2D eigenvalue weighted by Gasteiger charge is 2.27. The van der Waals surface area contributed by atoms with Crippen LogP contribution in [0.25, 0.3) is 0 Å². The molecule has 0 unspecified atom stereocenters. The van der Waals surface area contributed by atoms with Crippen LogP contribution in [0.1, 0.15) is 332 Å². The normalized spacial score (nSPS) is 11.0. The summed E-state index contributed by atoms with van der Waals surface area (Å²) in [6, 6.07) is 47.6. The van der Waals surface area contributed by atoms with Crippen molar-refractivity contribution in [1.82, 2.24) is 24.9 Å². The Kier molecular flexibility index (Phi) is 66.7. The Morgan fingerprint density at radius 1 is 0.290 bits per heavy atom. The topological polar surface area (TPSA) is 148 Å². The van der Waals surface area contributed by atoms with Gasteiger partial charge in [-0.2, -0.15) is 0 Å². The molecule has 5 aromatic rings. The first-order chi connectivity index (χ1) is 51.5. The lowest BCUT2D eigenvalue weighted by atomic mass is 9.87. The van der Waals surface area contributed by atoms with Gasteiger partial charge in [-0.1, -0.05) is 342 Å². The van der Waals surface area contributed by atoms with Crippen LogP contribution in [-0.4, -0.2) is 158 Å². The zero-order valence-electron chi connectivity index (χ0n) is 69.3. The maximum Gasteiger partial charge on any atom is 0.164 e. The first kappa shape index (κ1) is 101. The van der Waals surface area contributed by atoms with Crippen molar-refractivity contribution in [3.8, 4) is 0 Å². The van der Waals surface area contributed by atoms with E-state index in [2.05, 4.69) is 94.4 Å². The molecule has 2 N–H and O–H groups in total. The van der Waals surface area contributed by atoms with E-state index in [1.165, 1.54) is 128 Å². The summed E-state index contributed by atoms with van der Waals surface area (Å²) in [6.07, 6.45) is 38.1. The van der Waals surface area contributed by atoms with Crippen LogP contribution in [0.15, 0.2) is 152 Å². The van der Waals surface area contributed by atoms with Gasteiger partial charge < -0.3 is 30.0 Å². The summed E-state index contributed by atoms with van der Waals surface area (Å²) in [7, 11) is 4.22. The number of halogens is 1. The molecule has 0 heterocycles. The third kappa shape index (κ3) is 56.1. The minimum atomic E-state index is -0.540. The van der Waals surface area contributed by atoms with Crippen molar-refractivity contribution in [3.05, 3.63) is 179 Å². The molecule has 0 saturated carbocycles. The lowest BCUT2D eigenvalue weighted by molar-refractivity contribution is -0.119. The van der Waals surface area contributed by atoms with E-state index in [4.69, 9.17) is 0 Å². The van der Waals surface area contributed by atoms with Crippen LogP contribution in [0, 0.1) is 0 Å². The van der Waals surface area contributed by atoms with E-state index in [0.717, 1.165) is 158 Å². The highest BCUT2D eigenvalue weighted by molar-refractivity contribution is 5.98. The summed E-state index contributed by atoms with van der Waals surface area (Å²) in [5.74, 6) is 1.46. The standard InChI is InChI=1S/C24H41NO2.C19H29NO2.C18H29NO.C17H27NO.C16H25NO.ClH/c1-4-7-12-17-24(27,18-13-8-5-2)19-21-25(6-3)20-16-23(26)22-14-10-9-11-15-22;1-3-5-7-12-18(21)13-15-20(4-2)16-14-19(22)17-10-8-6-9-11-17;1-3-4-5-6-7-11-15-19(2)16-14-18(20)17-12-9-8-10-13-17;1-3-4-5-6-10-14-18(2)15-13-17(19)16-11-8-7-9-12-16;1-2-3-4-5-9-13-17-14-12-16(18)15-10-7-6-8-11-15;/h9-11,14-15,27H,4-8,12-13,16-21H2,1-3H3;6,8-11H,3-5,7,12-16H2,1-2H3;8-10,12-13H,3-7,11,14-16H2,1-2H3;7-9,11-12H,3-6,10,13-15H2,1-2H3;6-8,10-11,17H,2-5,9,12-14H2,1H3;1H. The van der Waals surface area contributed by atoms with E-state index in [-0.39, 0.29) is 41.3 Å². The Labute approximate surface area is 660 Å². The summed E-state index contributed by atoms with van der Waals surface area (Å²) in [6.45, 7) is 28.2. The number of nitrogens with zero attached hydrogens (tertiary/aromatic N) is 4. The minimum absolute atomic E-state index is 0. The van der Waals surface area contributed by atoms with Crippen molar-refractivity contribution in [2.45, 2.75) is 286 Å². The Morgan fingerprint density at radius 2 is 0.570 bits per heavy atom. The predicted molar refractivity (Wildman–Crippen MR) is 459 cm³/mol. The number of carbonyl (C=O) groups is 6. The fraction of sp³-hybridized carbons (Fsp3) is 0.617. The molecule has 0 bridgehead atoms. The van der Waals surface area contributed by atoms with Crippen molar-refractivity contribution >= 4 is 47.1 Å². The van der Waals surface area contributed by atoms with E-state index >= 15 is 0 Å². The fourth-order valence-electron chi connectivity index (χ4n) is 12.5. The quantitative estimate of drug-likeness (QED) is 0.0282. The molecule has 0 aromatic heterocycles. The molecule has 0 fully saturated rings. The number of ketones is 6. The molecule has 5 aromatic carbocycles. The van der Waals surface area contributed by atoms with Crippen LogP contribution in [0.2, 0.25) is 0 Å². The van der Waals surface area contributed by atoms with Crippen LogP contribution in [-0.2, 0) is 4.79 Å². The number of hydrogen-bond acceptors (Lipinski definition) is 12. The Bertz CT molecular complexity index is 2880. The van der Waals surface area contributed by atoms with Crippen LogP contribution in [0.3, 0.4) is 0 Å². The van der Waals surface area contributed by atoms with Gasteiger partial charge in [0.05, 0.1) is 5.60 Å². The molecule has 0 aliphatic heterocycles. The van der Waals surface area contributed by atoms with Crippen molar-refractivity contribution in [2.75, 3.05) is 92.6 Å². The Morgan fingerprint density at radius 3 is 0.916 bits per heavy atom. The Hall–Kier alpha value is -5.83. The van der Waals surface area contributed by atoms with E-state index in [1.807, 2.05) is 152 Å². The Balaban J connectivity index is 0.00000132. The monoisotopic (exact) mass is 1500 g/mol. The molecule has 5 rings (SSSR count). The molecule has 0 atom stereocenters. The minimum Gasteiger partial charge on any atom is -0.390 e. The second kappa shape index (κ2) is 70.5. The molecule has 0 aliphatic rings. The maximum atomic E-state index is 12.3. The van der Waals surface area contributed by atoms with Crippen LogP contribution in [0.4, 0.5) is 0 Å². The van der Waals surface area contributed by atoms with Gasteiger partial charge in [0.1, 0.15) is 5.78 Å². The largest absolute Gasteiger partial charge is 0.390 e. The predicted octanol–water partition coefficient (Wildman–Crippen LogP) is 22.9. The zero-order chi connectivity index (χ0) is 77.8. The molecule has 13 heteroatoms. The molecule has 12 nitrogen and oxygen atoms in total. The molecular weight excluding hydrogens is 1350 g/mol. The van der Waals surface area contributed by atoms with Gasteiger partial charge in [0, 0.05) is 119 Å². The van der Waals surface area contributed by atoms with Gasteiger partial charge in [-0.25, -0.2) is 0 Å². The highest BCUT2D eigenvalue weighted by Crippen LogP contribution is 2.27. The number of hydrogen-bond donors (Lipinski definition) is 2. The van der Waals surface area contributed by atoms with Crippen molar-refractivity contribution in [1.29, 1.82) is 0 Å². The summed E-state index contributed by atoms with van der Waals surface area (Å²) >= 11 is 0. The zero-order valence-corrected chi connectivity index (χ0v) is 70.1. The number of benzene rings is 5. The second-order valence-corrected chi connectivity index (χ2v) is 29.2. The lowest BCUT2D eigenvalue weighted by Crippen LogP contribution is -2.36. The number of unbranched alkanes of at least 4 members (excludes halogenated alkanes) is 19. The number of rotatable bonds is 59. The molecule has 0 aliphatic carbocycles. The molecule has 107 heavy (non-hydrogen) atoms. The molecule has 602 valence electrons. The van der Waals surface area contributed by atoms with Crippen molar-refractivity contribution in [3.63, 3.8) is 0 Å². The number of nitrogens with one attached hydrogen (secondary N) is 1. The molecule has 0 amide bonds. The smallest absolute Gasteiger partial charge is 0.164 e. The van der Waals surface area contributed by atoms with Gasteiger partial charge in [0.2, 0.25) is 0 Å². The van der Waals surface area contributed by atoms with Gasteiger partial charge in [-0.3, -0.25) is 28.8 Å². The van der Waals surface area contributed by atoms with Gasteiger partial charge in [-0.15, -0.1) is 12.4 Å². The van der Waals surface area contributed by atoms with E-state index in [9.17, 15) is 33.9 Å². The fourth-order valence-corrected chi connectivity index (χ4v) is 12.5. The molecular formula is C94H152ClN5O7. The average molecular weight is 1500 g/mol. The summed E-state index contributed by atoms with van der Waals surface area (Å²) in [5, 5.41) is 14.5. The number of carbonyl (C=O) groups excluding carboxylic acids is 6. The van der Waals surface area contributed by atoms with Crippen LogP contribution >= 0.6 is 12.4 Å². The molecule has 0 saturated heterocycles. The highest BCUT2D eigenvalue weighted by atomic mass is 35.5. The first-order valence-electron chi connectivity index (χ1n) is 42.2. The first-order valence-corrected chi connectivity index (χ1v) is 42.2. The van der Waals surface area contributed by atoms with Crippen molar-refractivity contribution < 1.29 is 33.9 Å². The SMILES string of the molecule is CCCCCC(=O)CCN(CC)CCC(=O)c1ccccc1.CCCCCC(O)(CCCCC)CCN(CC)CCC(=O)c1ccccc1.CCCCCCCCN(C)CCC(=O)c1ccccc1.CCCCCCCN(C)CCC(=O)c1ccccc1.CCCCCCCNCCC(=O)c1ccccc1.Cl. The van der Waals surface area contributed by atoms with E-state index < -0.39 is 5.60 Å². The van der Waals surface area contributed by atoms with Crippen molar-refractivity contribution in [2.24, 2.45) is 0 Å². The van der Waals surface area contributed by atoms with Gasteiger partial charge in [0.15, 0.2) is 28.9 Å². The average Bonchev–Trinajstić information content (AvgIpc) is 0.899. The molecule has 0 spiro atoms.